The van der Waals surface area contributed by atoms with E-state index < -0.39 is 0 Å². The molecule has 0 aliphatic heterocycles. The van der Waals surface area contributed by atoms with Crippen LogP contribution in [0.15, 0.2) is 12.7 Å². The molecule has 0 aromatic rings. The van der Waals surface area contributed by atoms with Crippen molar-refractivity contribution in [1.29, 1.82) is 0 Å². The Morgan fingerprint density at radius 2 is 2.00 bits per heavy atom. The predicted octanol–water partition coefficient (Wildman–Crippen LogP) is 2.75. The number of rotatable bonds is 8. The normalized spacial score (nSPS) is 17.9. The predicted molar refractivity (Wildman–Crippen MR) is 65.1 cm³/mol. The third kappa shape index (κ3) is 6.69. The zero-order chi connectivity index (χ0) is 10.8. The lowest BCUT2D eigenvalue weighted by Gasteiger charge is -2.21. The summed E-state index contributed by atoms with van der Waals surface area (Å²) in [5.74, 6) is 0.923. The summed E-state index contributed by atoms with van der Waals surface area (Å²) in [5, 5.41) is 3.48. The molecule has 1 N–H and O–H groups in total. The van der Waals surface area contributed by atoms with Crippen LogP contribution in [0.2, 0.25) is 0 Å². The second-order valence-electron chi connectivity index (χ2n) is 4.40. The number of nitrogens with one attached hydrogen (secondary N) is 1. The van der Waals surface area contributed by atoms with E-state index in [4.69, 9.17) is 4.74 Å². The molecule has 1 aliphatic rings. The van der Waals surface area contributed by atoms with Crippen LogP contribution < -0.4 is 5.32 Å². The van der Waals surface area contributed by atoms with E-state index in [0.717, 1.165) is 32.1 Å². The van der Waals surface area contributed by atoms with Crippen molar-refractivity contribution in [2.45, 2.75) is 38.5 Å². The van der Waals surface area contributed by atoms with Gasteiger partial charge in [-0.1, -0.05) is 25.3 Å². The molecule has 0 spiro atoms. The van der Waals surface area contributed by atoms with Gasteiger partial charge < -0.3 is 10.1 Å². The number of ether oxygens (including phenoxy) is 1. The van der Waals surface area contributed by atoms with Crippen molar-refractivity contribution in [3.05, 3.63) is 12.7 Å². The van der Waals surface area contributed by atoms with Gasteiger partial charge in [-0.2, -0.15) is 0 Å². The fraction of sp³-hybridized carbons (Fsp3) is 0.846. The Hall–Kier alpha value is -0.340. The summed E-state index contributed by atoms with van der Waals surface area (Å²) in [6.45, 7) is 7.49. The van der Waals surface area contributed by atoms with Gasteiger partial charge in [-0.15, -0.1) is 6.58 Å². The van der Waals surface area contributed by atoms with Gasteiger partial charge in [-0.25, -0.2) is 0 Å². The van der Waals surface area contributed by atoms with E-state index in [-0.39, 0.29) is 0 Å². The van der Waals surface area contributed by atoms with E-state index in [1.165, 1.54) is 38.6 Å². The molecule has 0 aromatic carbocycles. The van der Waals surface area contributed by atoms with Gasteiger partial charge in [0.2, 0.25) is 0 Å². The minimum Gasteiger partial charge on any atom is -0.380 e. The van der Waals surface area contributed by atoms with Crippen molar-refractivity contribution in [3.8, 4) is 0 Å². The van der Waals surface area contributed by atoms with E-state index in [2.05, 4.69) is 11.9 Å². The molecule has 15 heavy (non-hydrogen) atoms. The average Bonchev–Trinajstić information content (AvgIpc) is 2.29. The summed E-state index contributed by atoms with van der Waals surface area (Å²) in [5.41, 5.74) is 0. The Morgan fingerprint density at radius 1 is 1.20 bits per heavy atom. The van der Waals surface area contributed by atoms with Crippen molar-refractivity contribution >= 4 is 0 Å². The Morgan fingerprint density at radius 3 is 2.73 bits per heavy atom. The molecule has 2 heteroatoms. The smallest absolute Gasteiger partial charge is 0.0591 e. The van der Waals surface area contributed by atoms with Gasteiger partial charge in [-0.05, 0) is 31.7 Å². The molecule has 1 aliphatic carbocycles. The summed E-state index contributed by atoms with van der Waals surface area (Å²) >= 11 is 0. The first kappa shape index (κ1) is 12.7. The van der Waals surface area contributed by atoms with Crippen LogP contribution >= 0.6 is 0 Å². The molecule has 0 radical (unpaired) electrons. The molecule has 2 nitrogen and oxygen atoms in total. The third-order valence-corrected chi connectivity index (χ3v) is 3.05. The molecular formula is C13H25NO. The fourth-order valence-electron chi connectivity index (χ4n) is 2.11. The zero-order valence-corrected chi connectivity index (χ0v) is 9.84. The lowest BCUT2D eigenvalue weighted by Crippen LogP contribution is -2.27. The highest BCUT2D eigenvalue weighted by atomic mass is 16.5. The summed E-state index contributed by atoms with van der Waals surface area (Å²) in [4.78, 5) is 0. The third-order valence-electron chi connectivity index (χ3n) is 3.05. The van der Waals surface area contributed by atoms with Crippen molar-refractivity contribution in [2.75, 3.05) is 26.3 Å². The Kier molecular flexibility index (Phi) is 7.58. The largest absolute Gasteiger partial charge is 0.380 e. The maximum atomic E-state index is 5.43. The molecule has 0 heterocycles. The van der Waals surface area contributed by atoms with Gasteiger partial charge in [0.15, 0.2) is 0 Å². The van der Waals surface area contributed by atoms with Crippen LogP contribution in [-0.2, 0) is 4.74 Å². The van der Waals surface area contributed by atoms with Crippen molar-refractivity contribution in [1.82, 2.24) is 5.32 Å². The Labute approximate surface area is 94.1 Å². The SMILES string of the molecule is C=CCCOCCNCC1CCCCC1. The van der Waals surface area contributed by atoms with Crippen LogP contribution in [0, 0.1) is 5.92 Å². The maximum Gasteiger partial charge on any atom is 0.0591 e. The van der Waals surface area contributed by atoms with Crippen LogP contribution in [0.5, 0.6) is 0 Å². The molecule has 0 amide bonds. The minimum absolute atomic E-state index is 0.814. The first-order valence-electron chi connectivity index (χ1n) is 6.33. The zero-order valence-electron chi connectivity index (χ0n) is 9.84. The van der Waals surface area contributed by atoms with Gasteiger partial charge >= 0.3 is 0 Å². The van der Waals surface area contributed by atoms with Crippen LogP contribution in [-0.4, -0.2) is 26.3 Å². The van der Waals surface area contributed by atoms with E-state index in [0.29, 0.717) is 0 Å². The quantitative estimate of drug-likeness (QED) is 0.492. The molecule has 88 valence electrons. The highest BCUT2D eigenvalue weighted by Gasteiger charge is 2.11. The van der Waals surface area contributed by atoms with E-state index >= 15 is 0 Å². The van der Waals surface area contributed by atoms with Gasteiger partial charge in [0, 0.05) is 6.54 Å². The standard InChI is InChI=1S/C13H25NO/c1-2-3-10-15-11-9-14-12-13-7-5-4-6-8-13/h2,13-14H,1,3-12H2. The summed E-state index contributed by atoms with van der Waals surface area (Å²) in [6.07, 6.45) is 10.0. The molecule has 0 saturated heterocycles. The number of hydrogen-bond donors (Lipinski definition) is 1. The van der Waals surface area contributed by atoms with Crippen LogP contribution in [0.4, 0.5) is 0 Å². The van der Waals surface area contributed by atoms with Crippen LogP contribution in [0.25, 0.3) is 0 Å². The lowest BCUT2D eigenvalue weighted by molar-refractivity contribution is 0.139. The van der Waals surface area contributed by atoms with Gasteiger partial charge in [0.05, 0.1) is 13.2 Å². The molecule has 1 rings (SSSR count). The highest BCUT2D eigenvalue weighted by molar-refractivity contribution is 4.68. The Balaban J connectivity index is 1.81. The van der Waals surface area contributed by atoms with Crippen molar-refractivity contribution in [3.63, 3.8) is 0 Å². The second-order valence-corrected chi connectivity index (χ2v) is 4.40. The minimum atomic E-state index is 0.814. The molecule has 0 atom stereocenters. The summed E-state index contributed by atoms with van der Waals surface area (Å²) in [6, 6.07) is 0. The molecule has 0 aromatic heterocycles. The van der Waals surface area contributed by atoms with Gasteiger partial charge in [0.1, 0.15) is 0 Å². The topological polar surface area (TPSA) is 21.3 Å². The van der Waals surface area contributed by atoms with Crippen molar-refractivity contribution in [2.24, 2.45) is 5.92 Å². The maximum absolute atomic E-state index is 5.43. The highest BCUT2D eigenvalue weighted by Crippen LogP contribution is 2.22. The molecule has 1 saturated carbocycles. The molecule has 1 fully saturated rings. The average molecular weight is 211 g/mol. The van der Waals surface area contributed by atoms with E-state index in [1.807, 2.05) is 6.08 Å². The van der Waals surface area contributed by atoms with Gasteiger partial charge in [-0.3, -0.25) is 0 Å². The van der Waals surface area contributed by atoms with E-state index in [1.54, 1.807) is 0 Å². The van der Waals surface area contributed by atoms with Crippen molar-refractivity contribution < 1.29 is 4.74 Å². The molecule has 0 unspecified atom stereocenters. The lowest BCUT2D eigenvalue weighted by atomic mass is 9.89. The first-order chi connectivity index (χ1) is 7.43. The monoisotopic (exact) mass is 211 g/mol. The summed E-state index contributed by atoms with van der Waals surface area (Å²) in [7, 11) is 0. The van der Waals surface area contributed by atoms with E-state index in [9.17, 15) is 0 Å². The number of hydrogen-bond acceptors (Lipinski definition) is 2. The van der Waals surface area contributed by atoms with Gasteiger partial charge in [0.25, 0.3) is 0 Å². The molecule has 0 bridgehead atoms. The Bertz CT molecular complexity index is 153. The summed E-state index contributed by atoms with van der Waals surface area (Å²) < 4.78 is 5.43. The molecular weight excluding hydrogens is 186 g/mol. The van der Waals surface area contributed by atoms with Crippen LogP contribution in [0.1, 0.15) is 38.5 Å². The van der Waals surface area contributed by atoms with Crippen LogP contribution in [0.3, 0.4) is 0 Å². The second kappa shape index (κ2) is 8.93. The first-order valence-corrected chi connectivity index (χ1v) is 6.33. The fourth-order valence-corrected chi connectivity index (χ4v) is 2.11.